The van der Waals surface area contributed by atoms with Gasteiger partial charge in [-0.15, -0.1) is 0 Å². The minimum Gasteiger partial charge on any atom is -0.356 e. The number of nitrogens with two attached hydrogens (primary N) is 1. The number of thiocarbonyl (C=S) groups is 1. The topological polar surface area (TPSA) is 59.8 Å². The van der Waals surface area contributed by atoms with Gasteiger partial charge in [-0.05, 0) is 12.2 Å². The highest BCUT2D eigenvalue weighted by atomic mass is 32.1. The zero-order valence-electron chi connectivity index (χ0n) is 7.53. The fourth-order valence-electron chi connectivity index (χ4n) is 0.558. The molecule has 0 aromatic carbocycles. The predicted octanol–water partition coefficient (Wildman–Crippen LogP) is -0.715. The van der Waals surface area contributed by atoms with Crippen LogP contribution in [0.4, 0.5) is 0 Å². The van der Waals surface area contributed by atoms with Gasteiger partial charge in [-0.25, -0.2) is 5.84 Å². The van der Waals surface area contributed by atoms with Crippen LogP contribution in [0.2, 0.25) is 0 Å². The Kier molecular flexibility index (Phi) is 5.91. The van der Waals surface area contributed by atoms with Crippen LogP contribution >= 0.6 is 12.2 Å². The first kappa shape index (κ1) is 11.6. The number of methoxy groups -OCH3 is 2. The molecule has 0 rings (SSSR count). The summed E-state index contributed by atoms with van der Waals surface area (Å²) in [7, 11) is 4.78. The zero-order chi connectivity index (χ0) is 9.56. The molecule has 0 aliphatic heterocycles. The molecule has 0 aliphatic carbocycles. The molecule has 0 saturated carbocycles. The van der Waals surface area contributed by atoms with E-state index in [1.165, 1.54) is 5.01 Å². The molecule has 0 atom stereocenters. The van der Waals surface area contributed by atoms with Gasteiger partial charge in [-0.3, -0.25) is 5.01 Å². The number of hydrogen-bond donors (Lipinski definition) is 2. The second kappa shape index (κ2) is 6.13. The van der Waals surface area contributed by atoms with Gasteiger partial charge in [0.25, 0.3) is 0 Å². The van der Waals surface area contributed by atoms with E-state index >= 15 is 0 Å². The lowest BCUT2D eigenvalue weighted by molar-refractivity contribution is -0.0967. The fourth-order valence-corrected chi connectivity index (χ4v) is 0.642. The third-order valence-corrected chi connectivity index (χ3v) is 1.70. The van der Waals surface area contributed by atoms with Gasteiger partial charge in [0.15, 0.2) is 11.4 Å². The molecule has 72 valence electrons. The molecule has 3 N–H and O–H groups in total. The molecule has 0 saturated heterocycles. The van der Waals surface area contributed by atoms with Crippen LogP contribution < -0.4 is 11.2 Å². The lowest BCUT2D eigenvalue weighted by Crippen LogP contribution is -2.44. The van der Waals surface area contributed by atoms with E-state index in [1.54, 1.807) is 21.3 Å². The van der Waals surface area contributed by atoms with E-state index in [0.717, 1.165) is 0 Å². The fraction of sp³-hybridized carbons (Fsp3) is 0.833. The monoisotopic (exact) mass is 193 g/mol. The molecular weight excluding hydrogens is 178 g/mol. The summed E-state index contributed by atoms with van der Waals surface area (Å²) in [5.74, 6) is 5.35. The first-order valence-electron chi connectivity index (χ1n) is 3.43. The van der Waals surface area contributed by atoms with Crippen LogP contribution in [0.5, 0.6) is 0 Å². The first-order chi connectivity index (χ1) is 5.61. The summed E-state index contributed by atoms with van der Waals surface area (Å²) in [6, 6.07) is 0. The van der Waals surface area contributed by atoms with E-state index in [-0.39, 0.29) is 6.29 Å². The van der Waals surface area contributed by atoms with Gasteiger partial charge in [-0.1, -0.05) is 0 Å². The van der Waals surface area contributed by atoms with Crippen LogP contribution in [0.15, 0.2) is 0 Å². The summed E-state index contributed by atoms with van der Waals surface area (Å²) in [5.41, 5.74) is 0. The van der Waals surface area contributed by atoms with Crippen molar-refractivity contribution in [3.63, 3.8) is 0 Å². The van der Waals surface area contributed by atoms with Crippen molar-refractivity contribution in [3.8, 4) is 0 Å². The Morgan fingerprint density at radius 3 is 2.42 bits per heavy atom. The van der Waals surface area contributed by atoms with E-state index in [1.807, 2.05) is 0 Å². The SMILES string of the molecule is COC(CNC(=S)N(C)N)OC. The van der Waals surface area contributed by atoms with Crippen molar-refractivity contribution in [2.24, 2.45) is 5.84 Å². The van der Waals surface area contributed by atoms with Gasteiger partial charge in [0, 0.05) is 21.3 Å². The van der Waals surface area contributed by atoms with Gasteiger partial charge in [0.2, 0.25) is 0 Å². The van der Waals surface area contributed by atoms with Crippen molar-refractivity contribution < 1.29 is 9.47 Å². The number of hydrogen-bond acceptors (Lipinski definition) is 4. The van der Waals surface area contributed by atoms with E-state index in [0.29, 0.717) is 11.7 Å². The van der Waals surface area contributed by atoms with Crippen molar-refractivity contribution >= 4 is 17.3 Å². The van der Waals surface area contributed by atoms with Crippen LogP contribution in [0.25, 0.3) is 0 Å². The lowest BCUT2D eigenvalue weighted by atomic mass is 10.6. The normalized spacial score (nSPS) is 10.1. The average molecular weight is 193 g/mol. The Labute approximate surface area is 77.8 Å². The summed E-state index contributed by atoms with van der Waals surface area (Å²) in [5, 5.41) is 4.64. The number of ether oxygens (including phenoxy) is 2. The molecule has 0 aromatic rings. The molecule has 0 unspecified atom stereocenters. The maximum Gasteiger partial charge on any atom is 0.183 e. The first-order valence-corrected chi connectivity index (χ1v) is 3.84. The van der Waals surface area contributed by atoms with Crippen LogP contribution in [-0.2, 0) is 9.47 Å². The number of nitrogens with one attached hydrogen (secondary N) is 1. The molecule has 0 amide bonds. The Balaban J connectivity index is 3.59. The van der Waals surface area contributed by atoms with Gasteiger partial charge in [-0.2, -0.15) is 0 Å². The number of hydrazine groups is 1. The standard InChI is InChI=1S/C6H15N3O2S/c1-9(7)6(12)8-4-5(10-2)11-3/h5H,4,7H2,1-3H3,(H,8,12). The molecule has 0 aromatic heterocycles. The zero-order valence-corrected chi connectivity index (χ0v) is 8.35. The minimum absolute atomic E-state index is 0.303. The van der Waals surface area contributed by atoms with Crippen molar-refractivity contribution in [1.29, 1.82) is 0 Å². The highest BCUT2D eigenvalue weighted by molar-refractivity contribution is 7.80. The molecule has 0 spiro atoms. The van der Waals surface area contributed by atoms with E-state index < -0.39 is 0 Å². The second-order valence-electron chi connectivity index (χ2n) is 2.20. The molecular formula is C6H15N3O2S. The van der Waals surface area contributed by atoms with E-state index in [9.17, 15) is 0 Å². The van der Waals surface area contributed by atoms with Gasteiger partial charge >= 0.3 is 0 Å². The Morgan fingerprint density at radius 1 is 1.58 bits per heavy atom. The Hall–Kier alpha value is -0.430. The molecule has 0 fully saturated rings. The van der Waals surface area contributed by atoms with Crippen LogP contribution in [0, 0.1) is 0 Å². The molecule has 12 heavy (non-hydrogen) atoms. The minimum atomic E-state index is -0.303. The summed E-state index contributed by atoms with van der Waals surface area (Å²) in [6.07, 6.45) is -0.303. The summed E-state index contributed by atoms with van der Waals surface area (Å²) >= 11 is 4.87. The predicted molar refractivity (Wildman–Crippen MR) is 50.4 cm³/mol. The Morgan fingerprint density at radius 2 is 2.08 bits per heavy atom. The second-order valence-corrected chi connectivity index (χ2v) is 2.58. The smallest absolute Gasteiger partial charge is 0.183 e. The quantitative estimate of drug-likeness (QED) is 0.266. The van der Waals surface area contributed by atoms with Crippen molar-refractivity contribution in [2.45, 2.75) is 6.29 Å². The third-order valence-electron chi connectivity index (χ3n) is 1.27. The van der Waals surface area contributed by atoms with Crippen molar-refractivity contribution in [1.82, 2.24) is 10.3 Å². The van der Waals surface area contributed by atoms with Crippen molar-refractivity contribution in [3.05, 3.63) is 0 Å². The van der Waals surface area contributed by atoms with Crippen molar-refractivity contribution in [2.75, 3.05) is 27.8 Å². The molecule has 6 heteroatoms. The van der Waals surface area contributed by atoms with Crippen LogP contribution in [0.3, 0.4) is 0 Å². The van der Waals surface area contributed by atoms with Crippen LogP contribution in [-0.4, -0.2) is 44.2 Å². The van der Waals surface area contributed by atoms with E-state index in [2.05, 4.69) is 5.32 Å². The lowest BCUT2D eigenvalue weighted by Gasteiger charge is -2.18. The van der Waals surface area contributed by atoms with Gasteiger partial charge in [0.1, 0.15) is 0 Å². The largest absolute Gasteiger partial charge is 0.356 e. The maximum atomic E-state index is 5.35. The summed E-state index contributed by atoms with van der Waals surface area (Å²) in [4.78, 5) is 0. The van der Waals surface area contributed by atoms with Gasteiger partial charge < -0.3 is 14.8 Å². The van der Waals surface area contributed by atoms with Gasteiger partial charge in [0.05, 0.1) is 6.54 Å². The molecule has 0 heterocycles. The number of rotatable bonds is 4. The summed E-state index contributed by atoms with van der Waals surface area (Å²) < 4.78 is 9.85. The highest BCUT2D eigenvalue weighted by Crippen LogP contribution is 1.87. The Bertz CT molecular complexity index is 139. The number of nitrogens with zero attached hydrogens (tertiary/aromatic N) is 1. The molecule has 0 radical (unpaired) electrons. The molecule has 0 bridgehead atoms. The molecule has 0 aliphatic rings. The maximum absolute atomic E-state index is 5.35. The highest BCUT2D eigenvalue weighted by Gasteiger charge is 2.05. The van der Waals surface area contributed by atoms with Crippen LogP contribution in [0.1, 0.15) is 0 Å². The average Bonchev–Trinajstić information content (AvgIpc) is 2.05. The summed E-state index contributed by atoms with van der Waals surface area (Å²) in [6.45, 7) is 0.480. The third kappa shape index (κ3) is 4.45. The van der Waals surface area contributed by atoms with E-state index in [4.69, 9.17) is 27.5 Å². The molecule has 5 nitrogen and oxygen atoms in total.